The van der Waals surface area contributed by atoms with Crippen molar-refractivity contribution in [2.75, 3.05) is 20.1 Å². The Kier molecular flexibility index (Phi) is 4.83. The molecule has 5 heteroatoms. The van der Waals surface area contributed by atoms with Crippen molar-refractivity contribution >= 4 is 10.0 Å². The monoisotopic (exact) mass is 296 g/mol. The van der Waals surface area contributed by atoms with Gasteiger partial charge in [0.2, 0.25) is 10.0 Å². The fraction of sp³-hybridized carbons (Fsp3) is 0.600. The third-order valence-corrected chi connectivity index (χ3v) is 5.88. The van der Waals surface area contributed by atoms with E-state index in [1.54, 1.807) is 4.31 Å². The van der Waals surface area contributed by atoms with E-state index in [4.69, 9.17) is 0 Å². The smallest absolute Gasteiger partial charge is 0.218 e. The minimum Gasteiger partial charge on any atom is -0.316 e. The third-order valence-electron chi connectivity index (χ3n) is 4.10. The van der Waals surface area contributed by atoms with Crippen LogP contribution in [0.15, 0.2) is 24.3 Å². The van der Waals surface area contributed by atoms with E-state index in [0.717, 1.165) is 17.7 Å². The number of hydrogen-bond acceptors (Lipinski definition) is 3. The molecule has 0 saturated carbocycles. The van der Waals surface area contributed by atoms with Crippen LogP contribution < -0.4 is 5.32 Å². The van der Waals surface area contributed by atoms with Gasteiger partial charge in [-0.25, -0.2) is 12.7 Å². The van der Waals surface area contributed by atoms with Gasteiger partial charge in [0.15, 0.2) is 0 Å². The van der Waals surface area contributed by atoms with Gasteiger partial charge in [-0.1, -0.05) is 38.1 Å². The molecule has 112 valence electrons. The van der Waals surface area contributed by atoms with Gasteiger partial charge in [-0.05, 0) is 30.0 Å². The third kappa shape index (κ3) is 3.59. The van der Waals surface area contributed by atoms with Crippen LogP contribution in [0.5, 0.6) is 0 Å². The largest absolute Gasteiger partial charge is 0.316 e. The first kappa shape index (κ1) is 15.5. The normalized spacial score (nSPS) is 24.1. The molecule has 1 heterocycles. The van der Waals surface area contributed by atoms with E-state index in [2.05, 4.69) is 19.2 Å². The zero-order chi connectivity index (χ0) is 14.8. The molecule has 1 saturated heterocycles. The SMILES string of the molecule is CNCc1ccc(CS(=O)(=O)N2CC(C)C(C)C2)cc1. The number of benzene rings is 1. The van der Waals surface area contributed by atoms with Gasteiger partial charge in [-0.3, -0.25) is 0 Å². The number of sulfonamides is 1. The lowest BCUT2D eigenvalue weighted by atomic mass is 10.0. The Balaban J connectivity index is 2.05. The fourth-order valence-electron chi connectivity index (χ4n) is 2.56. The second-order valence-electron chi connectivity index (χ2n) is 5.87. The zero-order valence-corrected chi connectivity index (χ0v) is 13.3. The lowest BCUT2D eigenvalue weighted by Crippen LogP contribution is -2.30. The van der Waals surface area contributed by atoms with Crippen LogP contribution in [0.25, 0.3) is 0 Å². The first-order chi connectivity index (χ1) is 9.42. The van der Waals surface area contributed by atoms with Crippen LogP contribution in [-0.2, 0) is 22.3 Å². The van der Waals surface area contributed by atoms with Crippen molar-refractivity contribution in [1.29, 1.82) is 0 Å². The lowest BCUT2D eigenvalue weighted by Gasteiger charge is -2.16. The van der Waals surface area contributed by atoms with Crippen molar-refractivity contribution < 1.29 is 8.42 Å². The van der Waals surface area contributed by atoms with E-state index in [1.165, 1.54) is 0 Å². The Labute approximate surface area is 122 Å². The predicted molar refractivity (Wildman–Crippen MR) is 81.7 cm³/mol. The Morgan fingerprint density at radius 3 is 2.10 bits per heavy atom. The molecule has 1 aliphatic heterocycles. The summed E-state index contributed by atoms with van der Waals surface area (Å²) < 4.78 is 26.5. The lowest BCUT2D eigenvalue weighted by molar-refractivity contribution is 0.462. The molecule has 2 atom stereocenters. The van der Waals surface area contributed by atoms with Gasteiger partial charge in [-0.15, -0.1) is 0 Å². The molecule has 0 spiro atoms. The second-order valence-corrected chi connectivity index (χ2v) is 7.84. The number of nitrogens with one attached hydrogen (secondary N) is 1. The van der Waals surface area contributed by atoms with Gasteiger partial charge >= 0.3 is 0 Å². The van der Waals surface area contributed by atoms with Crippen LogP contribution in [0.1, 0.15) is 25.0 Å². The molecule has 1 aromatic carbocycles. The molecule has 2 rings (SSSR count). The van der Waals surface area contributed by atoms with Crippen molar-refractivity contribution in [1.82, 2.24) is 9.62 Å². The summed E-state index contributed by atoms with van der Waals surface area (Å²) in [4.78, 5) is 0. The van der Waals surface area contributed by atoms with Crippen LogP contribution in [0.3, 0.4) is 0 Å². The number of nitrogens with zero attached hydrogens (tertiary/aromatic N) is 1. The highest BCUT2D eigenvalue weighted by Gasteiger charge is 2.33. The van der Waals surface area contributed by atoms with Crippen LogP contribution in [0, 0.1) is 11.8 Å². The summed E-state index contributed by atoms with van der Waals surface area (Å²) in [6.07, 6.45) is 0. The summed E-state index contributed by atoms with van der Waals surface area (Å²) in [5.41, 5.74) is 2.02. The summed E-state index contributed by atoms with van der Waals surface area (Å²) in [6.45, 7) is 6.34. The number of hydrogen-bond donors (Lipinski definition) is 1. The van der Waals surface area contributed by atoms with Gasteiger partial charge in [0.05, 0.1) is 5.75 Å². The molecule has 20 heavy (non-hydrogen) atoms. The van der Waals surface area contributed by atoms with Crippen molar-refractivity contribution in [3.05, 3.63) is 35.4 Å². The van der Waals surface area contributed by atoms with Crippen LogP contribution in [-0.4, -0.2) is 32.9 Å². The zero-order valence-electron chi connectivity index (χ0n) is 12.5. The van der Waals surface area contributed by atoms with Crippen molar-refractivity contribution in [2.45, 2.75) is 26.1 Å². The van der Waals surface area contributed by atoms with Gasteiger partial charge in [0.25, 0.3) is 0 Å². The summed E-state index contributed by atoms with van der Waals surface area (Å²) in [5.74, 6) is 0.997. The van der Waals surface area contributed by atoms with Crippen LogP contribution in [0.4, 0.5) is 0 Å². The van der Waals surface area contributed by atoms with E-state index in [9.17, 15) is 8.42 Å². The molecule has 1 fully saturated rings. The second kappa shape index (κ2) is 6.24. The molecule has 1 aromatic rings. The van der Waals surface area contributed by atoms with Gasteiger partial charge in [0, 0.05) is 19.6 Å². The van der Waals surface area contributed by atoms with E-state index >= 15 is 0 Å². The summed E-state index contributed by atoms with van der Waals surface area (Å²) in [6, 6.07) is 7.79. The molecule has 4 nitrogen and oxygen atoms in total. The average molecular weight is 296 g/mol. The Morgan fingerprint density at radius 2 is 1.60 bits per heavy atom. The van der Waals surface area contributed by atoms with E-state index in [1.807, 2.05) is 31.3 Å². The first-order valence-electron chi connectivity index (χ1n) is 7.12. The molecule has 0 radical (unpaired) electrons. The predicted octanol–water partition coefficient (Wildman–Crippen LogP) is 1.82. The maximum Gasteiger partial charge on any atom is 0.218 e. The minimum absolute atomic E-state index is 0.103. The van der Waals surface area contributed by atoms with Crippen molar-refractivity contribution in [3.63, 3.8) is 0 Å². The minimum atomic E-state index is -3.19. The van der Waals surface area contributed by atoms with Gasteiger partial charge in [0.1, 0.15) is 0 Å². The van der Waals surface area contributed by atoms with E-state index in [-0.39, 0.29) is 5.75 Å². The van der Waals surface area contributed by atoms with E-state index in [0.29, 0.717) is 24.9 Å². The molecule has 0 amide bonds. The molecular weight excluding hydrogens is 272 g/mol. The highest BCUT2D eigenvalue weighted by atomic mass is 32.2. The van der Waals surface area contributed by atoms with Crippen LogP contribution in [0.2, 0.25) is 0 Å². The highest BCUT2D eigenvalue weighted by molar-refractivity contribution is 7.88. The van der Waals surface area contributed by atoms with Gasteiger partial charge in [-0.2, -0.15) is 0 Å². The van der Waals surface area contributed by atoms with Crippen molar-refractivity contribution in [3.8, 4) is 0 Å². The average Bonchev–Trinajstić information content (AvgIpc) is 2.73. The van der Waals surface area contributed by atoms with Crippen molar-refractivity contribution in [2.24, 2.45) is 11.8 Å². The van der Waals surface area contributed by atoms with E-state index < -0.39 is 10.0 Å². The fourth-order valence-corrected chi connectivity index (χ4v) is 4.28. The maximum absolute atomic E-state index is 12.4. The number of rotatable bonds is 5. The Morgan fingerprint density at radius 1 is 1.10 bits per heavy atom. The molecule has 1 N–H and O–H groups in total. The Hall–Kier alpha value is -0.910. The maximum atomic E-state index is 12.4. The van der Waals surface area contributed by atoms with Gasteiger partial charge < -0.3 is 5.32 Å². The standard InChI is InChI=1S/C15H24N2O2S/c1-12-9-17(10-13(12)2)20(18,19)11-15-6-4-14(5-7-15)8-16-3/h4-7,12-13,16H,8-11H2,1-3H3. The summed E-state index contributed by atoms with van der Waals surface area (Å²) in [5, 5.41) is 3.08. The molecule has 0 aromatic heterocycles. The Bertz CT molecular complexity index is 529. The molecule has 0 aliphatic carbocycles. The quantitative estimate of drug-likeness (QED) is 0.902. The first-order valence-corrected chi connectivity index (χ1v) is 8.73. The molecule has 2 unspecified atom stereocenters. The van der Waals surface area contributed by atoms with Crippen LogP contribution >= 0.6 is 0 Å². The highest BCUT2D eigenvalue weighted by Crippen LogP contribution is 2.26. The topological polar surface area (TPSA) is 49.4 Å². The molecule has 1 aliphatic rings. The summed E-state index contributed by atoms with van der Waals surface area (Å²) >= 11 is 0. The molecule has 0 bridgehead atoms. The molecular formula is C15H24N2O2S. The summed E-state index contributed by atoms with van der Waals surface area (Å²) in [7, 11) is -1.29.